The Morgan fingerprint density at radius 2 is 1.48 bits per heavy atom. The van der Waals surface area contributed by atoms with Crippen LogP contribution < -0.4 is 10.1 Å². The molecule has 4 rings (SSSR count). The van der Waals surface area contributed by atoms with Crippen molar-refractivity contribution < 1.29 is 19.4 Å². The molecule has 0 atom stereocenters. The Morgan fingerprint density at radius 1 is 0.818 bits per heavy atom. The summed E-state index contributed by atoms with van der Waals surface area (Å²) in [5.41, 5.74) is 3.91. The monoisotopic (exact) mass is 448 g/mol. The molecular weight excluding hydrogens is 427 g/mol. The Balaban J connectivity index is 0.00000306. The molecule has 0 unspecified atom stereocenters. The molecule has 0 radical (unpaired) electrons. The summed E-state index contributed by atoms with van der Waals surface area (Å²) in [6, 6.07) is 23.5. The number of nitrogens with zero attached hydrogens (tertiary/aromatic N) is 1. The molecule has 1 heterocycles. The summed E-state index contributed by atoms with van der Waals surface area (Å²) in [5.74, 6) is -0.849. The fourth-order valence-electron chi connectivity index (χ4n) is 3.34. The van der Waals surface area contributed by atoms with Gasteiger partial charge in [-0.2, -0.15) is 0 Å². The van der Waals surface area contributed by atoms with Gasteiger partial charge in [-0.1, -0.05) is 48.5 Å². The van der Waals surface area contributed by atoms with Crippen LogP contribution in [0.15, 0.2) is 91.3 Å². The van der Waals surface area contributed by atoms with Gasteiger partial charge in [-0.15, -0.1) is 0 Å². The molecule has 33 heavy (non-hydrogen) atoms. The quantitative estimate of drug-likeness (QED) is 0.417. The Hall–Kier alpha value is -3.45. The second-order valence-corrected chi connectivity index (χ2v) is 7.08. The van der Waals surface area contributed by atoms with E-state index in [-0.39, 0.29) is 40.8 Å². The summed E-state index contributed by atoms with van der Waals surface area (Å²) in [6.07, 6.45) is 3.13. The van der Waals surface area contributed by atoms with Crippen LogP contribution in [0.4, 0.5) is 5.69 Å². The molecule has 0 spiro atoms. The third-order valence-electron chi connectivity index (χ3n) is 5.03. The van der Waals surface area contributed by atoms with Gasteiger partial charge in [-0.25, -0.2) is 4.79 Å². The third-order valence-corrected chi connectivity index (χ3v) is 5.03. The predicted octanol–water partition coefficient (Wildman–Crippen LogP) is 4.73. The Kier molecular flexibility index (Phi) is 8.01. The number of benzene rings is 3. The molecule has 4 aromatic rings. The maximum absolute atomic E-state index is 12.9. The Bertz CT molecular complexity index is 1280. The van der Waals surface area contributed by atoms with E-state index in [2.05, 4.69) is 10.3 Å². The summed E-state index contributed by atoms with van der Waals surface area (Å²) < 4.78 is 5.18. The van der Waals surface area contributed by atoms with E-state index in [9.17, 15) is 14.7 Å². The molecule has 0 fully saturated rings. The molecular formula is C26H21N2NaO4. The average Bonchev–Trinajstić information content (AvgIpc) is 2.84. The van der Waals surface area contributed by atoms with Crippen LogP contribution in [0.1, 0.15) is 20.7 Å². The van der Waals surface area contributed by atoms with Crippen molar-refractivity contribution in [2.45, 2.75) is 0 Å². The number of anilines is 1. The summed E-state index contributed by atoms with van der Waals surface area (Å²) >= 11 is 0. The van der Waals surface area contributed by atoms with E-state index in [4.69, 9.17) is 4.74 Å². The average molecular weight is 448 g/mol. The van der Waals surface area contributed by atoms with Crippen LogP contribution in [0.5, 0.6) is 5.75 Å². The minimum atomic E-state index is -1.13. The molecule has 1 amide bonds. The van der Waals surface area contributed by atoms with Crippen LogP contribution in [-0.2, 0) is 0 Å². The van der Waals surface area contributed by atoms with Crippen molar-refractivity contribution in [3.8, 4) is 28.0 Å². The van der Waals surface area contributed by atoms with Crippen molar-refractivity contribution in [1.29, 1.82) is 0 Å². The first kappa shape index (κ1) is 24.2. The number of pyridine rings is 1. The van der Waals surface area contributed by atoms with E-state index < -0.39 is 11.9 Å². The number of carboxylic acids is 1. The normalized spacial score (nSPS) is 10.1. The topological polar surface area (TPSA) is 88.5 Å². The first-order valence-electron chi connectivity index (χ1n) is 9.89. The standard InChI is InChI=1S/C26H20N2O4.Na.H/c1-32-22-10-7-18(8-11-22)19-9-12-23(26(30)31)24(14-19)28-25(29)21-13-20(15-27-16-21)17-5-3-2-4-6-17;;/h2-16H,1H3,(H,28,29)(H,30,31);;. The molecule has 2 N–H and O–H groups in total. The molecule has 3 aromatic carbocycles. The number of methoxy groups -OCH3 is 1. The van der Waals surface area contributed by atoms with Crippen LogP contribution in [0.3, 0.4) is 0 Å². The predicted molar refractivity (Wildman–Crippen MR) is 130 cm³/mol. The number of aromatic nitrogens is 1. The number of hydrogen-bond acceptors (Lipinski definition) is 4. The van der Waals surface area contributed by atoms with Gasteiger partial charge in [0.2, 0.25) is 0 Å². The van der Waals surface area contributed by atoms with E-state index in [0.29, 0.717) is 5.56 Å². The zero-order chi connectivity index (χ0) is 22.5. The maximum atomic E-state index is 12.9. The van der Waals surface area contributed by atoms with Crippen molar-refractivity contribution >= 4 is 47.1 Å². The van der Waals surface area contributed by atoms with Gasteiger partial charge in [-0.3, -0.25) is 9.78 Å². The molecule has 0 aliphatic carbocycles. The molecule has 6 nitrogen and oxygen atoms in total. The van der Waals surface area contributed by atoms with Crippen molar-refractivity contribution in [3.63, 3.8) is 0 Å². The van der Waals surface area contributed by atoms with E-state index in [1.54, 1.807) is 31.5 Å². The number of hydrogen-bond donors (Lipinski definition) is 2. The zero-order valence-corrected chi connectivity index (χ0v) is 17.3. The summed E-state index contributed by atoms with van der Waals surface area (Å²) in [4.78, 5) is 28.8. The van der Waals surface area contributed by atoms with E-state index in [1.807, 2.05) is 54.6 Å². The van der Waals surface area contributed by atoms with Crippen LogP contribution in [0.2, 0.25) is 0 Å². The molecule has 1 aromatic heterocycles. The third kappa shape index (κ3) is 5.68. The van der Waals surface area contributed by atoms with Crippen LogP contribution in [0.25, 0.3) is 22.3 Å². The second kappa shape index (κ2) is 10.9. The van der Waals surface area contributed by atoms with Gasteiger partial charge in [0, 0.05) is 18.0 Å². The summed E-state index contributed by atoms with van der Waals surface area (Å²) in [7, 11) is 1.59. The van der Waals surface area contributed by atoms with Crippen LogP contribution >= 0.6 is 0 Å². The number of amides is 1. The molecule has 0 aliphatic heterocycles. The number of rotatable bonds is 6. The van der Waals surface area contributed by atoms with E-state index >= 15 is 0 Å². The zero-order valence-electron chi connectivity index (χ0n) is 17.3. The van der Waals surface area contributed by atoms with Gasteiger partial charge in [0.15, 0.2) is 0 Å². The Labute approximate surface area is 213 Å². The molecule has 7 heteroatoms. The molecule has 0 aliphatic rings. The first-order chi connectivity index (χ1) is 15.5. The van der Waals surface area contributed by atoms with E-state index in [1.165, 1.54) is 12.3 Å². The van der Waals surface area contributed by atoms with Gasteiger partial charge in [0.1, 0.15) is 5.75 Å². The van der Waals surface area contributed by atoms with E-state index in [0.717, 1.165) is 28.0 Å². The molecule has 160 valence electrons. The molecule has 0 saturated carbocycles. The first-order valence-corrected chi connectivity index (χ1v) is 9.89. The van der Waals surface area contributed by atoms with Gasteiger partial charge in [-0.05, 0) is 47.0 Å². The number of carbonyl (C=O) groups excluding carboxylic acids is 1. The second-order valence-electron chi connectivity index (χ2n) is 7.08. The van der Waals surface area contributed by atoms with Crippen LogP contribution in [0, 0.1) is 0 Å². The SMILES string of the molecule is COc1ccc(-c2ccc(C(=O)O)c(NC(=O)c3cncc(-c4ccccc4)c3)c2)cc1.[NaH]. The van der Waals surface area contributed by atoms with Crippen molar-refractivity contribution in [2.24, 2.45) is 0 Å². The fourth-order valence-corrected chi connectivity index (χ4v) is 3.34. The Morgan fingerprint density at radius 3 is 2.15 bits per heavy atom. The van der Waals surface area contributed by atoms with Crippen molar-refractivity contribution in [1.82, 2.24) is 4.98 Å². The van der Waals surface area contributed by atoms with Crippen molar-refractivity contribution in [3.05, 3.63) is 102 Å². The van der Waals surface area contributed by atoms with Crippen LogP contribution in [-0.4, -0.2) is 58.6 Å². The van der Waals surface area contributed by atoms with Gasteiger partial charge < -0.3 is 15.2 Å². The number of ether oxygens (including phenoxy) is 1. The van der Waals surface area contributed by atoms with Gasteiger partial charge in [0.05, 0.1) is 23.9 Å². The minimum absolute atomic E-state index is 0. The molecule has 0 saturated heterocycles. The number of carboxylic acid groups (broad SMARTS) is 1. The summed E-state index contributed by atoms with van der Waals surface area (Å²) in [6.45, 7) is 0. The summed E-state index contributed by atoms with van der Waals surface area (Å²) in [5, 5.41) is 12.3. The van der Waals surface area contributed by atoms with Gasteiger partial charge >= 0.3 is 35.5 Å². The number of aromatic carboxylic acids is 1. The molecule has 0 bridgehead atoms. The number of carbonyl (C=O) groups is 2. The fraction of sp³-hybridized carbons (Fsp3) is 0.0385. The van der Waals surface area contributed by atoms with Crippen molar-refractivity contribution in [2.75, 3.05) is 12.4 Å². The number of nitrogens with one attached hydrogen (secondary N) is 1. The van der Waals surface area contributed by atoms with Gasteiger partial charge in [0.25, 0.3) is 5.91 Å².